The maximum atomic E-state index is 5.11. The van der Waals surface area contributed by atoms with Crippen molar-refractivity contribution in [3.05, 3.63) is 28.2 Å². The summed E-state index contributed by atoms with van der Waals surface area (Å²) < 4.78 is 6.10. The molecule has 3 heteroatoms. The molecule has 0 aromatic heterocycles. The number of methoxy groups -OCH3 is 1. The molecule has 60 valence electrons. The van der Waals surface area contributed by atoms with E-state index in [9.17, 15) is 0 Å². The van der Waals surface area contributed by atoms with Gasteiger partial charge in [-0.1, -0.05) is 12.1 Å². The van der Waals surface area contributed by atoms with Crippen LogP contribution in [0.2, 0.25) is 0 Å². The molecule has 0 unspecified atom stereocenters. The number of hydrogen-bond donors (Lipinski definition) is 1. The molecule has 0 aliphatic rings. The predicted molar refractivity (Wildman–Crippen MR) is 53.4 cm³/mol. The van der Waals surface area contributed by atoms with Gasteiger partial charge < -0.3 is 4.74 Å². The van der Waals surface area contributed by atoms with Crippen LogP contribution < -0.4 is 4.74 Å². The summed E-state index contributed by atoms with van der Waals surface area (Å²) in [6.07, 6.45) is 0. The van der Waals surface area contributed by atoms with Crippen LogP contribution in [0.1, 0.15) is 5.56 Å². The molecule has 0 saturated carbocycles. The van der Waals surface area contributed by atoms with Crippen molar-refractivity contribution in [3.8, 4) is 5.75 Å². The molecule has 1 aromatic carbocycles. The summed E-state index contributed by atoms with van der Waals surface area (Å²) in [6, 6.07) is 5.88. The number of benzene rings is 1. The molecule has 1 aromatic rings. The molecule has 0 bridgehead atoms. The van der Waals surface area contributed by atoms with Crippen LogP contribution in [0.4, 0.5) is 0 Å². The first-order valence-electron chi connectivity index (χ1n) is 3.22. The highest BCUT2D eigenvalue weighted by Gasteiger charge is 2.02. The van der Waals surface area contributed by atoms with Gasteiger partial charge in [-0.3, -0.25) is 0 Å². The van der Waals surface area contributed by atoms with Crippen molar-refractivity contribution in [2.45, 2.75) is 5.75 Å². The second-order valence-corrected chi connectivity index (χ2v) is 3.20. The molecule has 1 nitrogen and oxygen atoms in total. The van der Waals surface area contributed by atoms with Crippen molar-refractivity contribution in [3.63, 3.8) is 0 Å². The molecule has 0 amide bonds. The minimum Gasteiger partial charge on any atom is -0.496 e. The van der Waals surface area contributed by atoms with Gasteiger partial charge in [0, 0.05) is 5.75 Å². The second kappa shape index (κ2) is 4.02. The van der Waals surface area contributed by atoms with E-state index in [1.54, 1.807) is 7.11 Å². The lowest BCUT2D eigenvalue weighted by atomic mass is 10.2. The lowest BCUT2D eigenvalue weighted by molar-refractivity contribution is 0.411. The fourth-order valence-corrected chi connectivity index (χ4v) is 1.88. The maximum Gasteiger partial charge on any atom is 0.133 e. The Morgan fingerprint density at radius 1 is 1.55 bits per heavy atom. The summed E-state index contributed by atoms with van der Waals surface area (Å²) in [7, 11) is 1.66. The molecule has 0 spiro atoms. The molecule has 0 aliphatic heterocycles. The van der Waals surface area contributed by atoms with E-state index in [2.05, 4.69) is 28.6 Å². The molecule has 0 saturated heterocycles. The number of thiol groups is 1. The average molecular weight is 233 g/mol. The van der Waals surface area contributed by atoms with E-state index in [1.165, 1.54) is 0 Å². The van der Waals surface area contributed by atoms with Crippen molar-refractivity contribution in [1.29, 1.82) is 0 Å². The Bertz CT molecular complexity index is 228. The maximum absolute atomic E-state index is 5.11. The highest BCUT2D eigenvalue weighted by atomic mass is 79.9. The Kier molecular flexibility index (Phi) is 3.27. The van der Waals surface area contributed by atoms with Gasteiger partial charge in [0.05, 0.1) is 11.6 Å². The molecule has 0 atom stereocenters. The molecular formula is C8H9BrOS. The van der Waals surface area contributed by atoms with Crippen molar-refractivity contribution in [2.24, 2.45) is 0 Å². The molecule has 11 heavy (non-hydrogen) atoms. The van der Waals surface area contributed by atoms with Gasteiger partial charge in [0.1, 0.15) is 5.75 Å². The first-order chi connectivity index (χ1) is 5.29. The SMILES string of the molecule is COc1cccc(CS)c1Br. The lowest BCUT2D eigenvalue weighted by Gasteiger charge is -2.05. The van der Waals surface area contributed by atoms with E-state index in [1.807, 2.05) is 18.2 Å². The number of halogens is 1. The van der Waals surface area contributed by atoms with Gasteiger partial charge in [-0.15, -0.1) is 0 Å². The largest absolute Gasteiger partial charge is 0.496 e. The van der Waals surface area contributed by atoms with Gasteiger partial charge in [0.25, 0.3) is 0 Å². The van der Waals surface area contributed by atoms with Crippen LogP contribution in [0.25, 0.3) is 0 Å². The zero-order valence-corrected chi connectivity index (χ0v) is 8.65. The predicted octanol–water partition coefficient (Wildman–Crippen LogP) is 2.89. The summed E-state index contributed by atoms with van der Waals surface area (Å²) >= 11 is 7.61. The van der Waals surface area contributed by atoms with Crippen molar-refractivity contribution in [2.75, 3.05) is 7.11 Å². The molecule has 0 aliphatic carbocycles. The van der Waals surface area contributed by atoms with Crippen molar-refractivity contribution >= 4 is 28.6 Å². The van der Waals surface area contributed by atoms with Crippen LogP contribution in [0.3, 0.4) is 0 Å². The van der Waals surface area contributed by atoms with E-state index in [4.69, 9.17) is 4.74 Å². The Labute approximate surface area is 80.3 Å². The van der Waals surface area contributed by atoms with Gasteiger partial charge in [-0.05, 0) is 27.6 Å². The third kappa shape index (κ3) is 1.91. The zero-order valence-electron chi connectivity index (χ0n) is 6.17. The highest BCUT2D eigenvalue weighted by Crippen LogP contribution is 2.28. The number of ether oxygens (including phenoxy) is 1. The fraction of sp³-hybridized carbons (Fsp3) is 0.250. The molecule has 0 N–H and O–H groups in total. The Balaban J connectivity index is 3.10. The highest BCUT2D eigenvalue weighted by molar-refractivity contribution is 9.10. The smallest absolute Gasteiger partial charge is 0.133 e. The van der Waals surface area contributed by atoms with Crippen LogP contribution in [0, 0.1) is 0 Å². The summed E-state index contributed by atoms with van der Waals surface area (Å²) in [5, 5.41) is 0. The summed E-state index contributed by atoms with van der Waals surface area (Å²) in [5.74, 6) is 1.58. The van der Waals surface area contributed by atoms with E-state index < -0.39 is 0 Å². The zero-order chi connectivity index (χ0) is 8.27. The van der Waals surface area contributed by atoms with Crippen LogP contribution in [-0.2, 0) is 5.75 Å². The Morgan fingerprint density at radius 3 is 2.82 bits per heavy atom. The third-order valence-corrected chi connectivity index (χ3v) is 2.67. The van der Waals surface area contributed by atoms with E-state index in [0.717, 1.165) is 21.5 Å². The quantitative estimate of drug-likeness (QED) is 0.772. The van der Waals surface area contributed by atoms with Gasteiger partial charge in [0.15, 0.2) is 0 Å². The topological polar surface area (TPSA) is 9.23 Å². The van der Waals surface area contributed by atoms with Crippen LogP contribution >= 0.6 is 28.6 Å². The standard InChI is InChI=1S/C8H9BrOS/c1-10-7-4-2-3-6(5-11)8(7)9/h2-4,11H,5H2,1H3. The van der Waals surface area contributed by atoms with Gasteiger partial charge in [0.2, 0.25) is 0 Å². The fourth-order valence-electron chi connectivity index (χ4n) is 0.836. The van der Waals surface area contributed by atoms with Crippen molar-refractivity contribution in [1.82, 2.24) is 0 Å². The molecule has 1 rings (SSSR count). The number of rotatable bonds is 2. The average Bonchev–Trinajstić information content (AvgIpc) is 2.05. The first-order valence-corrected chi connectivity index (χ1v) is 4.64. The van der Waals surface area contributed by atoms with Gasteiger partial charge in [-0.2, -0.15) is 12.6 Å². The minimum absolute atomic E-state index is 0.720. The Morgan fingerprint density at radius 2 is 2.27 bits per heavy atom. The summed E-state index contributed by atoms with van der Waals surface area (Å²) in [5.41, 5.74) is 1.15. The molecule has 0 fully saturated rings. The number of hydrogen-bond acceptors (Lipinski definition) is 2. The second-order valence-electron chi connectivity index (χ2n) is 2.09. The first kappa shape index (κ1) is 8.94. The monoisotopic (exact) mass is 232 g/mol. The molecule has 0 heterocycles. The minimum atomic E-state index is 0.720. The lowest BCUT2D eigenvalue weighted by Crippen LogP contribution is -1.87. The van der Waals surface area contributed by atoms with Crippen LogP contribution in [0.5, 0.6) is 5.75 Å². The summed E-state index contributed by atoms with van der Waals surface area (Å²) in [4.78, 5) is 0. The van der Waals surface area contributed by atoms with E-state index in [-0.39, 0.29) is 0 Å². The van der Waals surface area contributed by atoms with Gasteiger partial charge >= 0.3 is 0 Å². The van der Waals surface area contributed by atoms with Crippen LogP contribution in [-0.4, -0.2) is 7.11 Å². The Hall–Kier alpha value is -0.150. The summed E-state index contributed by atoms with van der Waals surface area (Å²) in [6.45, 7) is 0. The van der Waals surface area contributed by atoms with E-state index in [0.29, 0.717) is 0 Å². The van der Waals surface area contributed by atoms with Gasteiger partial charge in [-0.25, -0.2) is 0 Å². The third-order valence-electron chi connectivity index (χ3n) is 1.43. The molecule has 0 radical (unpaired) electrons. The van der Waals surface area contributed by atoms with E-state index >= 15 is 0 Å². The van der Waals surface area contributed by atoms with Crippen LogP contribution in [0.15, 0.2) is 22.7 Å². The van der Waals surface area contributed by atoms with Crippen molar-refractivity contribution < 1.29 is 4.74 Å². The normalized spacial score (nSPS) is 9.73. The molecular weight excluding hydrogens is 224 g/mol.